The zero-order valence-corrected chi connectivity index (χ0v) is 14.6. The summed E-state index contributed by atoms with van der Waals surface area (Å²) >= 11 is 3.48. The van der Waals surface area contributed by atoms with Crippen molar-refractivity contribution >= 4 is 15.9 Å². The molecule has 0 bridgehead atoms. The molecule has 0 aromatic heterocycles. The molecule has 0 aliphatic carbocycles. The smallest absolute Gasteiger partial charge is 0.203 e. The first-order valence-electron chi connectivity index (χ1n) is 6.92. The van der Waals surface area contributed by atoms with Crippen LogP contribution >= 0.6 is 15.9 Å². The first kappa shape index (κ1) is 16.6. The third-order valence-electron chi connectivity index (χ3n) is 3.27. The maximum Gasteiger partial charge on any atom is 0.203 e. The fourth-order valence-electron chi connectivity index (χ4n) is 2.24. The summed E-state index contributed by atoms with van der Waals surface area (Å²) in [4.78, 5) is 0. The van der Waals surface area contributed by atoms with Gasteiger partial charge < -0.3 is 19.5 Å². The van der Waals surface area contributed by atoms with E-state index in [2.05, 4.69) is 33.4 Å². The number of halogens is 1. The molecule has 2 aromatic rings. The highest BCUT2D eigenvalue weighted by molar-refractivity contribution is 9.10. The van der Waals surface area contributed by atoms with Gasteiger partial charge in [0, 0.05) is 17.6 Å². The van der Waals surface area contributed by atoms with Crippen LogP contribution in [0.4, 0.5) is 0 Å². The molecule has 0 unspecified atom stereocenters. The van der Waals surface area contributed by atoms with E-state index < -0.39 is 0 Å². The minimum Gasteiger partial charge on any atom is -0.493 e. The largest absolute Gasteiger partial charge is 0.493 e. The number of hydrogen-bond acceptors (Lipinski definition) is 4. The molecule has 5 heteroatoms. The molecule has 22 heavy (non-hydrogen) atoms. The molecular formula is C17H20BrNO3. The average molecular weight is 366 g/mol. The average Bonchev–Trinajstić information content (AvgIpc) is 2.53. The van der Waals surface area contributed by atoms with Gasteiger partial charge in [-0.15, -0.1) is 0 Å². The molecule has 2 aromatic carbocycles. The monoisotopic (exact) mass is 365 g/mol. The van der Waals surface area contributed by atoms with Crippen molar-refractivity contribution in [1.29, 1.82) is 0 Å². The molecule has 1 N–H and O–H groups in total. The van der Waals surface area contributed by atoms with Crippen molar-refractivity contribution in [3.05, 3.63) is 52.0 Å². The Balaban J connectivity index is 2.06. The molecule has 0 fully saturated rings. The highest BCUT2D eigenvalue weighted by atomic mass is 79.9. The van der Waals surface area contributed by atoms with Crippen LogP contribution in [0.1, 0.15) is 11.1 Å². The first-order valence-corrected chi connectivity index (χ1v) is 7.71. The Morgan fingerprint density at radius 3 is 2.05 bits per heavy atom. The van der Waals surface area contributed by atoms with Crippen molar-refractivity contribution in [3.63, 3.8) is 0 Å². The third-order valence-corrected chi connectivity index (χ3v) is 3.77. The molecule has 0 aliphatic heterocycles. The Morgan fingerprint density at radius 1 is 0.864 bits per heavy atom. The van der Waals surface area contributed by atoms with E-state index in [4.69, 9.17) is 14.2 Å². The van der Waals surface area contributed by atoms with Crippen LogP contribution in [0.25, 0.3) is 0 Å². The molecule has 0 saturated heterocycles. The van der Waals surface area contributed by atoms with Crippen molar-refractivity contribution in [1.82, 2.24) is 5.32 Å². The van der Waals surface area contributed by atoms with Gasteiger partial charge in [-0.1, -0.05) is 28.1 Å². The molecule has 118 valence electrons. The van der Waals surface area contributed by atoms with Crippen LogP contribution in [-0.4, -0.2) is 21.3 Å². The summed E-state index contributed by atoms with van der Waals surface area (Å²) in [6.45, 7) is 1.50. The maximum absolute atomic E-state index is 5.36. The van der Waals surface area contributed by atoms with Gasteiger partial charge in [-0.2, -0.15) is 0 Å². The second-order valence-electron chi connectivity index (χ2n) is 4.77. The van der Waals surface area contributed by atoms with Crippen LogP contribution in [0, 0.1) is 0 Å². The van der Waals surface area contributed by atoms with Crippen LogP contribution in [0.15, 0.2) is 40.9 Å². The fraction of sp³-hybridized carbons (Fsp3) is 0.294. The van der Waals surface area contributed by atoms with Crippen molar-refractivity contribution < 1.29 is 14.2 Å². The second kappa shape index (κ2) is 8.06. The summed E-state index contributed by atoms with van der Waals surface area (Å²) < 4.78 is 17.1. The lowest BCUT2D eigenvalue weighted by molar-refractivity contribution is 0.323. The van der Waals surface area contributed by atoms with Crippen molar-refractivity contribution in [3.8, 4) is 17.2 Å². The Bertz CT molecular complexity index is 606. The van der Waals surface area contributed by atoms with E-state index in [-0.39, 0.29) is 0 Å². The second-order valence-corrected chi connectivity index (χ2v) is 5.68. The highest BCUT2D eigenvalue weighted by Crippen LogP contribution is 2.38. The molecular weight excluding hydrogens is 346 g/mol. The number of nitrogens with one attached hydrogen (secondary N) is 1. The van der Waals surface area contributed by atoms with Gasteiger partial charge in [0.25, 0.3) is 0 Å². The summed E-state index contributed by atoms with van der Waals surface area (Å²) in [5.41, 5.74) is 2.30. The molecule has 0 amide bonds. The number of benzene rings is 2. The summed E-state index contributed by atoms with van der Waals surface area (Å²) in [7, 11) is 4.84. The van der Waals surface area contributed by atoms with Gasteiger partial charge in [-0.3, -0.25) is 0 Å². The quantitative estimate of drug-likeness (QED) is 0.810. The maximum atomic E-state index is 5.36. The molecule has 2 rings (SSSR count). The Hall–Kier alpha value is -1.72. The Morgan fingerprint density at radius 2 is 1.50 bits per heavy atom. The first-order chi connectivity index (χ1) is 10.7. The lowest BCUT2D eigenvalue weighted by atomic mass is 10.1. The predicted molar refractivity (Wildman–Crippen MR) is 90.8 cm³/mol. The summed E-state index contributed by atoms with van der Waals surface area (Å²) in [5.74, 6) is 1.95. The van der Waals surface area contributed by atoms with Crippen LogP contribution in [0.2, 0.25) is 0 Å². The van der Waals surface area contributed by atoms with Crippen LogP contribution in [0.3, 0.4) is 0 Å². The number of rotatable bonds is 7. The van der Waals surface area contributed by atoms with Gasteiger partial charge >= 0.3 is 0 Å². The summed E-state index contributed by atoms with van der Waals surface area (Å²) in [6.07, 6.45) is 0. The predicted octanol–water partition coefficient (Wildman–Crippen LogP) is 3.76. The van der Waals surface area contributed by atoms with Gasteiger partial charge in [-0.05, 0) is 35.4 Å². The normalized spacial score (nSPS) is 10.4. The standard InChI is InChI=1S/C17H20BrNO3/c1-20-15-8-13(9-16(21-2)17(15)22-3)11-19-10-12-5-4-6-14(18)7-12/h4-9,19H,10-11H2,1-3H3. The van der Waals surface area contributed by atoms with Gasteiger partial charge in [0.2, 0.25) is 5.75 Å². The minimum absolute atomic E-state index is 0.612. The SMILES string of the molecule is COc1cc(CNCc2cccc(Br)c2)cc(OC)c1OC. The topological polar surface area (TPSA) is 39.7 Å². The number of methoxy groups -OCH3 is 3. The van der Waals surface area contributed by atoms with Gasteiger partial charge in [0.05, 0.1) is 21.3 Å². The van der Waals surface area contributed by atoms with Crippen LogP contribution < -0.4 is 19.5 Å². The molecule has 0 saturated carbocycles. The van der Waals surface area contributed by atoms with Crippen molar-refractivity contribution in [2.24, 2.45) is 0 Å². The summed E-state index contributed by atoms with van der Waals surface area (Å²) in [6, 6.07) is 12.1. The number of ether oxygens (including phenoxy) is 3. The van der Waals surface area contributed by atoms with Crippen molar-refractivity contribution in [2.75, 3.05) is 21.3 Å². The summed E-state index contributed by atoms with van der Waals surface area (Å²) in [5, 5.41) is 3.41. The van der Waals surface area contributed by atoms with E-state index in [0.29, 0.717) is 23.8 Å². The zero-order chi connectivity index (χ0) is 15.9. The molecule has 0 radical (unpaired) electrons. The van der Waals surface area contributed by atoms with E-state index >= 15 is 0 Å². The molecule has 0 aliphatic rings. The highest BCUT2D eigenvalue weighted by Gasteiger charge is 2.12. The lowest BCUT2D eigenvalue weighted by Gasteiger charge is -2.14. The van der Waals surface area contributed by atoms with Crippen LogP contribution in [0.5, 0.6) is 17.2 Å². The molecule has 0 atom stereocenters. The molecule has 4 nitrogen and oxygen atoms in total. The van der Waals surface area contributed by atoms with Gasteiger partial charge in [0.15, 0.2) is 11.5 Å². The van der Waals surface area contributed by atoms with E-state index in [1.807, 2.05) is 24.3 Å². The number of hydrogen-bond donors (Lipinski definition) is 1. The molecule has 0 spiro atoms. The fourth-order valence-corrected chi connectivity index (χ4v) is 2.68. The van der Waals surface area contributed by atoms with E-state index in [1.54, 1.807) is 21.3 Å². The minimum atomic E-state index is 0.612. The van der Waals surface area contributed by atoms with Crippen molar-refractivity contribution in [2.45, 2.75) is 13.1 Å². The molecule has 0 heterocycles. The van der Waals surface area contributed by atoms with Crippen LogP contribution in [-0.2, 0) is 13.1 Å². The van der Waals surface area contributed by atoms with E-state index in [0.717, 1.165) is 16.6 Å². The zero-order valence-electron chi connectivity index (χ0n) is 13.0. The van der Waals surface area contributed by atoms with E-state index in [1.165, 1.54) is 5.56 Å². The Kier molecular flexibility index (Phi) is 6.10. The van der Waals surface area contributed by atoms with E-state index in [9.17, 15) is 0 Å². The third kappa shape index (κ3) is 4.15. The lowest BCUT2D eigenvalue weighted by Crippen LogP contribution is -2.13. The van der Waals surface area contributed by atoms with Gasteiger partial charge in [-0.25, -0.2) is 0 Å². The Labute approximate surface area is 139 Å². The van der Waals surface area contributed by atoms with Gasteiger partial charge in [0.1, 0.15) is 0 Å².